The van der Waals surface area contributed by atoms with Gasteiger partial charge in [0.25, 0.3) is 0 Å². The highest BCUT2D eigenvalue weighted by Gasteiger charge is 2.24. The highest BCUT2D eigenvalue weighted by Crippen LogP contribution is 2.14. The first-order chi connectivity index (χ1) is 6.49. The zero-order chi connectivity index (χ0) is 11.2. The van der Waals surface area contributed by atoms with Crippen LogP contribution in [0.1, 0.15) is 40.5 Å². The second-order valence-electron chi connectivity index (χ2n) is 4.38. The molecule has 0 aliphatic heterocycles. The summed E-state index contributed by atoms with van der Waals surface area (Å²) < 4.78 is 0. The van der Waals surface area contributed by atoms with Crippen molar-refractivity contribution in [3.05, 3.63) is 12.7 Å². The van der Waals surface area contributed by atoms with Crippen molar-refractivity contribution in [2.45, 2.75) is 52.1 Å². The van der Waals surface area contributed by atoms with E-state index in [0.717, 1.165) is 25.9 Å². The van der Waals surface area contributed by atoms with E-state index in [4.69, 9.17) is 5.73 Å². The maximum atomic E-state index is 6.29. The third-order valence-electron chi connectivity index (χ3n) is 3.02. The Labute approximate surface area is 89.2 Å². The van der Waals surface area contributed by atoms with Crippen LogP contribution in [-0.4, -0.2) is 29.6 Å². The summed E-state index contributed by atoms with van der Waals surface area (Å²) >= 11 is 0. The Balaban J connectivity index is 4.32. The summed E-state index contributed by atoms with van der Waals surface area (Å²) in [5, 5.41) is 0. The van der Waals surface area contributed by atoms with Gasteiger partial charge in [-0.1, -0.05) is 19.9 Å². The fraction of sp³-hybridized carbons (Fsp3) is 0.833. The van der Waals surface area contributed by atoms with Crippen molar-refractivity contribution in [2.24, 2.45) is 5.73 Å². The smallest absolute Gasteiger partial charge is 0.0278 e. The minimum Gasteiger partial charge on any atom is -0.324 e. The summed E-state index contributed by atoms with van der Waals surface area (Å²) in [7, 11) is 0. The van der Waals surface area contributed by atoms with E-state index in [1.165, 1.54) is 0 Å². The van der Waals surface area contributed by atoms with Gasteiger partial charge in [0.15, 0.2) is 0 Å². The molecule has 0 spiro atoms. The van der Waals surface area contributed by atoms with Gasteiger partial charge in [-0.05, 0) is 26.7 Å². The van der Waals surface area contributed by atoms with E-state index in [2.05, 4.69) is 39.2 Å². The largest absolute Gasteiger partial charge is 0.324 e. The van der Waals surface area contributed by atoms with Crippen LogP contribution in [0.2, 0.25) is 0 Å². The quantitative estimate of drug-likeness (QED) is 0.637. The van der Waals surface area contributed by atoms with E-state index < -0.39 is 0 Å². The number of hydrogen-bond acceptors (Lipinski definition) is 2. The molecule has 0 heterocycles. The second kappa shape index (κ2) is 6.20. The molecule has 0 aliphatic rings. The molecule has 0 atom stereocenters. The fourth-order valence-corrected chi connectivity index (χ4v) is 1.50. The van der Waals surface area contributed by atoms with Gasteiger partial charge in [-0.15, -0.1) is 6.58 Å². The molecule has 0 bridgehead atoms. The zero-order valence-corrected chi connectivity index (χ0v) is 10.2. The monoisotopic (exact) mass is 198 g/mol. The topological polar surface area (TPSA) is 29.3 Å². The van der Waals surface area contributed by atoms with Gasteiger partial charge in [-0.25, -0.2) is 0 Å². The van der Waals surface area contributed by atoms with Crippen molar-refractivity contribution in [3.8, 4) is 0 Å². The molecule has 0 radical (unpaired) electrons. The Morgan fingerprint density at radius 2 is 1.86 bits per heavy atom. The molecule has 14 heavy (non-hydrogen) atoms. The van der Waals surface area contributed by atoms with Crippen LogP contribution in [-0.2, 0) is 0 Å². The molecule has 0 unspecified atom stereocenters. The first-order valence-corrected chi connectivity index (χ1v) is 5.63. The van der Waals surface area contributed by atoms with Gasteiger partial charge in [0.05, 0.1) is 0 Å². The minimum atomic E-state index is -0.0344. The minimum absolute atomic E-state index is 0.0344. The van der Waals surface area contributed by atoms with Crippen LogP contribution in [0.25, 0.3) is 0 Å². The van der Waals surface area contributed by atoms with E-state index in [0.29, 0.717) is 6.04 Å². The molecule has 0 aromatic heterocycles. The highest BCUT2D eigenvalue weighted by molar-refractivity contribution is 4.88. The van der Waals surface area contributed by atoms with Crippen LogP contribution < -0.4 is 5.73 Å². The summed E-state index contributed by atoms with van der Waals surface area (Å²) in [6, 6.07) is 0.536. The van der Waals surface area contributed by atoms with Gasteiger partial charge < -0.3 is 5.73 Å². The molecule has 0 aliphatic carbocycles. The van der Waals surface area contributed by atoms with Crippen LogP contribution in [0.5, 0.6) is 0 Å². The van der Waals surface area contributed by atoms with E-state index in [1.807, 2.05) is 6.08 Å². The van der Waals surface area contributed by atoms with Crippen molar-refractivity contribution >= 4 is 0 Å². The molecule has 0 amide bonds. The zero-order valence-electron chi connectivity index (χ0n) is 10.2. The summed E-state index contributed by atoms with van der Waals surface area (Å²) in [4.78, 5) is 2.38. The summed E-state index contributed by atoms with van der Waals surface area (Å²) in [5.41, 5.74) is 6.26. The predicted octanol–water partition coefficient (Wildman–Crippen LogP) is 2.40. The lowest BCUT2D eigenvalue weighted by atomic mass is 9.93. The van der Waals surface area contributed by atoms with Crippen molar-refractivity contribution < 1.29 is 0 Å². The molecule has 0 aromatic carbocycles. The average molecular weight is 198 g/mol. The Kier molecular flexibility index (Phi) is 6.05. The van der Waals surface area contributed by atoms with Crippen molar-refractivity contribution in [2.75, 3.05) is 13.1 Å². The van der Waals surface area contributed by atoms with Crippen LogP contribution in [0, 0.1) is 0 Å². The lowest BCUT2D eigenvalue weighted by molar-refractivity contribution is 0.179. The standard InChI is InChI=1S/C12H26N2/c1-6-9-14(11(4)5)10-12(13,7-2)8-3/h6,11H,1,7-10,13H2,2-5H3. The van der Waals surface area contributed by atoms with Gasteiger partial charge in [0.2, 0.25) is 0 Å². The first kappa shape index (κ1) is 13.7. The summed E-state index contributed by atoms with van der Waals surface area (Å²) in [6.45, 7) is 14.4. The molecule has 0 rings (SSSR count). The maximum absolute atomic E-state index is 6.29. The van der Waals surface area contributed by atoms with Crippen LogP contribution in [0.3, 0.4) is 0 Å². The van der Waals surface area contributed by atoms with E-state index >= 15 is 0 Å². The molecular formula is C12H26N2. The Morgan fingerprint density at radius 3 is 2.14 bits per heavy atom. The van der Waals surface area contributed by atoms with Crippen LogP contribution >= 0.6 is 0 Å². The third-order valence-corrected chi connectivity index (χ3v) is 3.02. The lowest BCUT2D eigenvalue weighted by Crippen LogP contribution is -2.51. The molecule has 0 aromatic rings. The molecule has 2 N–H and O–H groups in total. The summed E-state index contributed by atoms with van der Waals surface area (Å²) in [6.07, 6.45) is 4.01. The van der Waals surface area contributed by atoms with Crippen molar-refractivity contribution in [3.63, 3.8) is 0 Å². The maximum Gasteiger partial charge on any atom is 0.0278 e. The van der Waals surface area contributed by atoms with E-state index in [1.54, 1.807) is 0 Å². The Hall–Kier alpha value is -0.340. The molecule has 0 saturated heterocycles. The molecule has 2 nitrogen and oxygen atoms in total. The first-order valence-electron chi connectivity index (χ1n) is 5.63. The predicted molar refractivity (Wildman–Crippen MR) is 64.4 cm³/mol. The second-order valence-corrected chi connectivity index (χ2v) is 4.38. The number of nitrogens with zero attached hydrogens (tertiary/aromatic N) is 1. The molecule has 0 fully saturated rings. The van der Waals surface area contributed by atoms with Crippen LogP contribution in [0.4, 0.5) is 0 Å². The van der Waals surface area contributed by atoms with Crippen LogP contribution in [0.15, 0.2) is 12.7 Å². The number of hydrogen-bond donors (Lipinski definition) is 1. The molecule has 84 valence electrons. The van der Waals surface area contributed by atoms with E-state index in [9.17, 15) is 0 Å². The van der Waals surface area contributed by atoms with Gasteiger partial charge in [0, 0.05) is 24.7 Å². The number of rotatable bonds is 7. The van der Waals surface area contributed by atoms with Crippen molar-refractivity contribution in [1.29, 1.82) is 0 Å². The lowest BCUT2D eigenvalue weighted by Gasteiger charge is -2.35. The SMILES string of the molecule is C=CCN(CC(N)(CC)CC)C(C)C. The van der Waals surface area contributed by atoms with Gasteiger partial charge in [0.1, 0.15) is 0 Å². The van der Waals surface area contributed by atoms with Gasteiger partial charge >= 0.3 is 0 Å². The Bertz CT molecular complexity index is 160. The molecular weight excluding hydrogens is 172 g/mol. The third kappa shape index (κ3) is 4.25. The number of nitrogens with two attached hydrogens (primary N) is 1. The van der Waals surface area contributed by atoms with Crippen molar-refractivity contribution in [1.82, 2.24) is 4.90 Å². The average Bonchev–Trinajstić information content (AvgIpc) is 2.17. The van der Waals surface area contributed by atoms with E-state index in [-0.39, 0.29) is 5.54 Å². The molecule has 2 heteroatoms. The highest BCUT2D eigenvalue weighted by atomic mass is 15.2. The molecule has 0 saturated carbocycles. The Morgan fingerprint density at radius 1 is 1.36 bits per heavy atom. The van der Waals surface area contributed by atoms with Gasteiger partial charge in [-0.2, -0.15) is 0 Å². The normalized spacial score (nSPS) is 12.5. The van der Waals surface area contributed by atoms with Gasteiger partial charge in [-0.3, -0.25) is 4.90 Å². The summed E-state index contributed by atoms with van der Waals surface area (Å²) in [5.74, 6) is 0. The fourth-order valence-electron chi connectivity index (χ4n) is 1.50.